The summed E-state index contributed by atoms with van der Waals surface area (Å²) in [5, 5.41) is 5.72. The Balaban J connectivity index is 1.36. The number of nitrogens with two attached hydrogens (primary N) is 1. The molecule has 2 fully saturated rings. The van der Waals surface area contributed by atoms with Gasteiger partial charge in [-0.25, -0.2) is 4.98 Å². The Morgan fingerprint density at radius 2 is 2.10 bits per heavy atom. The van der Waals surface area contributed by atoms with E-state index in [0.29, 0.717) is 11.6 Å². The molecule has 4 rings (SSSR count). The van der Waals surface area contributed by atoms with E-state index in [0.717, 1.165) is 51.3 Å². The van der Waals surface area contributed by atoms with Gasteiger partial charge in [-0.3, -0.25) is 10.5 Å². The third-order valence-corrected chi connectivity index (χ3v) is 6.55. The molecule has 3 aliphatic rings. The summed E-state index contributed by atoms with van der Waals surface area (Å²) in [5.74, 6) is 1.12. The molecule has 0 spiro atoms. The number of aromatic nitrogens is 1. The Bertz CT molecular complexity index is 750. The fourth-order valence-electron chi connectivity index (χ4n) is 4.18. The lowest BCUT2D eigenvalue weighted by molar-refractivity contribution is -0.118. The number of ether oxygens (including phenoxy) is 1. The number of pyridine rings is 1. The number of alkyl halides is 1. The largest absolute Gasteiger partial charge is 0.463 e. The SMILES string of the molecule is CN1CCN(c2ccc(C3CCC(Cl)C(NC(=O)C4=CO[C@@H](N)N4)C3)cn2)CC1. The first kappa shape index (κ1) is 20.3. The fourth-order valence-corrected chi connectivity index (χ4v) is 4.47. The summed E-state index contributed by atoms with van der Waals surface area (Å²) in [6.07, 6.45) is 5.29. The van der Waals surface area contributed by atoms with E-state index in [-0.39, 0.29) is 17.3 Å². The van der Waals surface area contributed by atoms with E-state index in [1.165, 1.54) is 11.8 Å². The molecule has 3 unspecified atom stereocenters. The van der Waals surface area contributed by atoms with E-state index in [1.54, 1.807) is 0 Å². The third-order valence-electron chi connectivity index (χ3n) is 6.03. The van der Waals surface area contributed by atoms with E-state index in [9.17, 15) is 4.79 Å². The molecule has 2 aliphatic heterocycles. The van der Waals surface area contributed by atoms with Gasteiger partial charge in [0.2, 0.25) is 6.35 Å². The average Bonchev–Trinajstić information content (AvgIpc) is 3.17. The minimum atomic E-state index is -0.674. The first-order valence-electron chi connectivity index (χ1n) is 10.2. The summed E-state index contributed by atoms with van der Waals surface area (Å²) in [6, 6.07) is 4.18. The van der Waals surface area contributed by atoms with Gasteiger partial charge < -0.3 is 25.2 Å². The number of rotatable bonds is 4. The molecule has 9 heteroatoms. The van der Waals surface area contributed by atoms with Crippen molar-refractivity contribution in [3.63, 3.8) is 0 Å². The first-order valence-corrected chi connectivity index (χ1v) is 10.7. The molecule has 4 N–H and O–H groups in total. The summed E-state index contributed by atoms with van der Waals surface area (Å²) >= 11 is 6.52. The van der Waals surface area contributed by atoms with Crippen molar-refractivity contribution in [1.29, 1.82) is 0 Å². The van der Waals surface area contributed by atoms with Crippen LogP contribution in [0.3, 0.4) is 0 Å². The van der Waals surface area contributed by atoms with Gasteiger partial charge in [0.15, 0.2) is 0 Å². The van der Waals surface area contributed by atoms with Gasteiger partial charge in [0.1, 0.15) is 17.8 Å². The molecular formula is C20H29ClN6O2. The number of anilines is 1. The van der Waals surface area contributed by atoms with Gasteiger partial charge in [-0.15, -0.1) is 11.6 Å². The molecule has 1 aliphatic carbocycles. The van der Waals surface area contributed by atoms with Crippen LogP contribution in [-0.2, 0) is 9.53 Å². The number of amides is 1. The van der Waals surface area contributed by atoms with Crippen LogP contribution in [0, 0.1) is 0 Å². The summed E-state index contributed by atoms with van der Waals surface area (Å²) in [4.78, 5) is 21.8. The monoisotopic (exact) mass is 420 g/mol. The third kappa shape index (κ3) is 4.76. The predicted molar refractivity (Wildman–Crippen MR) is 112 cm³/mol. The number of carbonyl (C=O) groups is 1. The molecule has 0 radical (unpaired) electrons. The molecular weight excluding hydrogens is 392 g/mol. The predicted octanol–water partition coefficient (Wildman–Crippen LogP) is 0.897. The van der Waals surface area contributed by atoms with Crippen molar-refractivity contribution in [3.05, 3.63) is 35.9 Å². The van der Waals surface area contributed by atoms with Gasteiger partial charge in [0, 0.05) is 38.4 Å². The van der Waals surface area contributed by atoms with Crippen molar-refractivity contribution in [3.8, 4) is 0 Å². The van der Waals surface area contributed by atoms with Crippen LogP contribution in [-0.4, -0.2) is 66.8 Å². The Morgan fingerprint density at radius 3 is 2.76 bits per heavy atom. The number of piperazine rings is 1. The normalized spacial score (nSPS) is 30.3. The number of carbonyl (C=O) groups excluding carboxylic acids is 1. The molecule has 1 aromatic heterocycles. The van der Waals surface area contributed by atoms with Gasteiger partial charge in [-0.1, -0.05) is 6.07 Å². The Hall–Kier alpha value is -2.03. The maximum Gasteiger partial charge on any atom is 0.270 e. The molecule has 8 nitrogen and oxygen atoms in total. The number of hydrogen-bond acceptors (Lipinski definition) is 7. The highest BCUT2D eigenvalue weighted by Crippen LogP contribution is 2.35. The van der Waals surface area contributed by atoms with Crippen molar-refractivity contribution in [2.45, 2.75) is 43.0 Å². The molecule has 0 bridgehead atoms. The molecule has 1 amide bonds. The molecule has 4 atom stereocenters. The number of nitrogens with zero attached hydrogens (tertiary/aromatic N) is 3. The second kappa shape index (κ2) is 8.77. The van der Waals surface area contributed by atoms with Crippen LogP contribution in [0.25, 0.3) is 0 Å². The van der Waals surface area contributed by atoms with Gasteiger partial charge in [-0.05, 0) is 43.9 Å². The molecule has 1 saturated carbocycles. The number of hydrogen-bond donors (Lipinski definition) is 3. The Morgan fingerprint density at radius 1 is 1.31 bits per heavy atom. The zero-order valence-electron chi connectivity index (χ0n) is 16.7. The minimum Gasteiger partial charge on any atom is -0.463 e. The highest BCUT2D eigenvalue weighted by molar-refractivity contribution is 6.21. The molecule has 3 heterocycles. The number of halogens is 1. The van der Waals surface area contributed by atoms with E-state index < -0.39 is 6.35 Å². The maximum atomic E-state index is 12.4. The highest BCUT2D eigenvalue weighted by atomic mass is 35.5. The van der Waals surface area contributed by atoms with Crippen LogP contribution in [0.4, 0.5) is 5.82 Å². The molecule has 1 aromatic rings. The van der Waals surface area contributed by atoms with Crippen LogP contribution in [0.15, 0.2) is 30.3 Å². The van der Waals surface area contributed by atoms with E-state index in [4.69, 9.17) is 27.1 Å². The standard InChI is InChI=1S/C20H29ClN6O2/c1-26-6-8-27(9-7-26)18-5-3-14(11-23-18)13-2-4-15(21)16(10-13)24-19(28)17-12-29-20(22)25-17/h3,5,11-13,15-16,20,25H,2,4,6-10,22H2,1H3,(H,24,28)/t13?,15?,16?,20-/m0/s1. The van der Waals surface area contributed by atoms with Crippen molar-refractivity contribution in [1.82, 2.24) is 20.5 Å². The topological polar surface area (TPSA) is 95.8 Å². The number of nitrogens with one attached hydrogen (secondary N) is 2. The van der Waals surface area contributed by atoms with E-state index >= 15 is 0 Å². The van der Waals surface area contributed by atoms with Crippen LogP contribution < -0.4 is 21.3 Å². The van der Waals surface area contributed by atoms with Crippen LogP contribution >= 0.6 is 11.6 Å². The van der Waals surface area contributed by atoms with Crippen molar-refractivity contribution in [2.75, 3.05) is 38.1 Å². The molecule has 158 valence electrons. The summed E-state index contributed by atoms with van der Waals surface area (Å²) in [5.41, 5.74) is 7.13. The van der Waals surface area contributed by atoms with Crippen LogP contribution in [0.5, 0.6) is 0 Å². The number of likely N-dealkylation sites (N-methyl/N-ethyl adjacent to an activating group) is 1. The Labute approximate surface area is 176 Å². The quantitative estimate of drug-likeness (QED) is 0.623. The van der Waals surface area contributed by atoms with Crippen molar-refractivity contribution < 1.29 is 9.53 Å². The second-order valence-electron chi connectivity index (χ2n) is 8.08. The molecule has 29 heavy (non-hydrogen) atoms. The van der Waals surface area contributed by atoms with Gasteiger partial charge in [0.25, 0.3) is 5.91 Å². The maximum absolute atomic E-state index is 12.4. The van der Waals surface area contributed by atoms with Crippen molar-refractivity contribution >= 4 is 23.3 Å². The zero-order valence-corrected chi connectivity index (χ0v) is 17.4. The van der Waals surface area contributed by atoms with Gasteiger partial charge in [-0.2, -0.15) is 0 Å². The molecule has 1 saturated heterocycles. The lowest BCUT2D eigenvalue weighted by atomic mass is 9.81. The minimum absolute atomic E-state index is 0.0932. The zero-order chi connectivity index (χ0) is 20.4. The van der Waals surface area contributed by atoms with E-state index in [2.05, 4.69) is 39.6 Å². The van der Waals surface area contributed by atoms with Gasteiger partial charge in [0.05, 0.1) is 5.38 Å². The van der Waals surface area contributed by atoms with Crippen molar-refractivity contribution in [2.24, 2.45) is 5.73 Å². The summed E-state index contributed by atoms with van der Waals surface area (Å²) < 4.78 is 5.06. The van der Waals surface area contributed by atoms with Crippen LogP contribution in [0.2, 0.25) is 0 Å². The summed E-state index contributed by atoms with van der Waals surface area (Å²) in [7, 11) is 2.15. The lowest BCUT2D eigenvalue weighted by Crippen LogP contribution is -2.47. The summed E-state index contributed by atoms with van der Waals surface area (Å²) in [6.45, 7) is 4.13. The smallest absolute Gasteiger partial charge is 0.270 e. The second-order valence-corrected chi connectivity index (χ2v) is 8.64. The average molecular weight is 421 g/mol. The molecule has 0 aromatic carbocycles. The highest BCUT2D eigenvalue weighted by Gasteiger charge is 2.32. The lowest BCUT2D eigenvalue weighted by Gasteiger charge is -2.35. The van der Waals surface area contributed by atoms with Gasteiger partial charge >= 0.3 is 0 Å². The fraction of sp³-hybridized carbons (Fsp3) is 0.600. The van der Waals surface area contributed by atoms with E-state index in [1.807, 2.05) is 6.20 Å². The first-order chi connectivity index (χ1) is 14.0. The van der Waals surface area contributed by atoms with Crippen LogP contribution in [0.1, 0.15) is 30.7 Å². The Kier molecular flexibility index (Phi) is 6.12.